The molecule has 1 aromatic carbocycles. The topological polar surface area (TPSA) is 79.7 Å². The second-order valence-electron chi connectivity index (χ2n) is 6.17. The molecule has 0 aliphatic carbocycles. The molecule has 6 heteroatoms. The largest absolute Gasteiger partial charge is 0.496 e. The maximum absolute atomic E-state index is 12.7. The number of ether oxygens (including phenoxy) is 1. The van der Waals surface area contributed by atoms with E-state index in [0.717, 1.165) is 11.3 Å². The SMILES string of the molecule is COc1ccccc1[C@H]1CN(C(=O)c2cccc(C)n2)C[C@@H]1C(=O)O. The van der Waals surface area contributed by atoms with Crippen LogP contribution in [0.1, 0.15) is 27.7 Å². The number of methoxy groups -OCH3 is 1. The van der Waals surface area contributed by atoms with Gasteiger partial charge in [0.25, 0.3) is 5.91 Å². The monoisotopic (exact) mass is 340 g/mol. The van der Waals surface area contributed by atoms with Crippen LogP contribution in [0.3, 0.4) is 0 Å². The van der Waals surface area contributed by atoms with Crippen LogP contribution < -0.4 is 4.74 Å². The lowest BCUT2D eigenvalue weighted by molar-refractivity contribution is -0.141. The molecule has 1 fully saturated rings. The summed E-state index contributed by atoms with van der Waals surface area (Å²) in [6.07, 6.45) is 0. The molecule has 0 unspecified atom stereocenters. The summed E-state index contributed by atoms with van der Waals surface area (Å²) >= 11 is 0. The van der Waals surface area contributed by atoms with Crippen molar-refractivity contribution in [3.63, 3.8) is 0 Å². The summed E-state index contributed by atoms with van der Waals surface area (Å²) in [6.45, 7) is 2.30. The highest BCUT2D eigenvalue weighted by Gasteiger charge is 2.42. The van der Waals surface area contributed by atoms with Crippen LogP contribution in [-0.4, -0.2) is 47.1 Å². The van der Waals surface area contributed by atoms with Crippen LogP contribution in [0.25, 0.3) is 0 Å². The number of carboxylic acid groups (broad SMARTS) is 1. The van der Waals surface area contributed by atoms with E-state index in [-0.39, 0.29) is 18.4 Å². The molecule has 1 aliphatic heterocycles. The van der Waals surface area contributed by atoms with Gasteiger partial charge in [0, 0.05) is 24.7 Å². The molecule has 1 saturated heterocycles. The second-order valence-corrected chi connectivity index (χ2v) is 6.17. The van der Waals surface area contributed by atoms with Crippen LogP contribution in [0.4, 0.5) is 0 Å². The number of aliphatic carboxylic acids is 1. The molecule has 0 spiro atoms. The van der Waals surface area contributed by atoms with Gasteiger partial charge in [-0.15, -0.1) is 0 Å². The molecule has 1 aromatic heterocycles. The Morgan fingerprint density at radius 2 is 1.92 bits per heavy atom. The number of hydrogen-bond acceptors (Lipinski definition) is 4. The average molecular weight is 340 g/mol. The van der Waals surface area contributed by atoms with E-state index in [9.17, 15) is 14.7 Å². The maximum Gasteiger partial charge on any atom is 0.308 e. The zero-order valence-electron chi connectivity index (χ0n) is 14.2. The minimum absolute atomic E-state index is 0.159. The molecule has 2 heterocycles. The van der Waals surface area contributed by atoms with Crippen LogP contribution in [0, 0.1) is 12.8 Å². The van der Waals surface area contributed by atoms with Gasteiger partial charge in [0.2, 0.25) is 0 Å². The fourth-order valence-corrected chi connectivity index (χ4v) is 3.33. The zero-order valence-corrected chi connectivity index (χ0v) is 14.2. The summed E-state index contributed by atoms with van der Waals surface area (Å²) in [5.74, 6) is -1.51. The molecule has 130 valence electrons. The standard InChI is InChI=1S/C19H20N2O4/c1-12-6-5-8-16(20-12)18(22)21-10-14(15(11-21)19(23)24)13-7-3-4-9-17(13)25-2/h3-9,14-15H,10-11H2,1-2H3,(H,23,24)/t14-,15+/m1/s1. The number of rotatable bonds is 4. The van der Waals surface area contributed by atoms with Crippen LogP contribution in [0.2, 0.25) is 0 Å². The first-order chi connectivity index (χ1) is 12.0. The Balaban J connectivity index is 1.90. The molecular weight excluding hydrogens is 320 g/mol. The Morgan fingerprint density at radius 1 is 1.16 bits per heavy atom. The number of amides is 1. The van der Waals surface area contributed by atoms with E-state index in [0.29, 0.717) is 18.0 Å². The van der Waals surface area contributed by atoms with Gasteiger partial charge in [-0.3, -0.25) is 9.59 Å². The summed E-state index contributed by atoms with van der Waals surface area (Å²) in [5.41, 5.74) is 1.90. The van der Waals surface area contributed by atoms with Gasteiger partial charge < -0.3 is 14.7 Å². The van der Waals surface area contributed by atoms with Gasteiger partial charge in [-0.1, -0.05) is 24.3 Å². The van der Waals surface area contributed by atoms with Crippen molar-refractivity contribution in [3.8, 4) is 5.75 Å². The van der Waals surface area contributed by atoms with Crippen LogP contribution in [0.5, 0.6) is 5.75 Å². The number of para-hydroxylation sites is 1. The number of hydrogen-bond donors (Lipinski definition) is 1. The molecule has 2 aromatic rings. The number of benzene rings is 1. The lowest BCUT2D eigenvalue weighted by atomic mass is 9.88. The van der Waals surface area contributed by atoms with E-state index in [1.54, 1.807) is 30.2 Å². The van der Waals surface area contributed by atoms with E-state index in [2.05, 4.69) is 4.98 Å². The van der Waals surface area contributed by atoms with Crippen molar-refractivity contribution in [3.05, 3.63) is 59.4 Å². The Labute approximate surface area is 146 Å². The van der Waals surface area contributed by atoms with Crippen molar-refractivity contribution < 1.29 is 19.4 Å². The number of likely N-dealkylation sites (tertiary alicyclic amines) is 1. The van der Waals surface area contributed by atoms with E-state index < -0.39 is 11.9 Å². The van der Waals surface area contributed by atoms with Crippen molar-refractivity contribution in [2.75, 3.05) is 20.2 Å². The summed E-state index contributed by atoms with van der Waals surface area (Å²) in [7, 11) is 1.56. The Hall–Kier alpha value is -2.89. The quantitative estimate of drug-likeness (QED) is 0.924. The Bertz CT molecular complexity index is 806. The molecule has 0 bridgehead atoms. The van der Waals surface area contributed by atoms with Gasteiger partial charge in [-0.2, -0.15) is 0 Å². The molecule has 1 N–H and O–H groups in total. The molecule has 0 radical (unpaired) electrons. The lowest BCUT2D eigenvalue weighted by Crippen LogP contribution is -2.30. The van der Waals surface area contributed by atoms with Crippen molar-refractivity contribution >= 4 is 11.9 Å². The van der Waals surface area contributed by atoms with Gasteiger partial charge in [-0.05, 0) is 30.7 Å². The Morgan fingerprint density at radius 3 is 2.60 bits per heavy atom. The zero-order chi connectivity index (χ0) is 18.0. The number of carbonyl (C=O) groups is 2. The third kappa shape index (κ3) is 3.33. The van der Waals surface area contributed by atoms with Crippen molar-refractivity contribution in [1.29, 1.82) is 0 Å². The number of aromatic nitrogens is 1. The molecule has 25 heavy (non-hydrogen) atoms. The van der Waals surface area contributed by atoms with Crippen LogP contribution >= 0.6 is 0 Å². The first-order valence-electron chi connectivity index (χ1n) is 8.10. The van der Waals surface area contributed by atoms with E-state index >= 15 is 0 Å². The second kappa shape index (κ2) is 6.93. The number of aryl methyl sites for hydroxylation is 1. The highest BCUT2D eigenvalue weighted by molar-refractivity contribution is 5.93. The fourth-order valence-electron chi connectivity index (χ4n) is 3.33. The minimum Gasteiger partial charge on any atom is -0.496 e. The van der Waals surface area contributed by atoms with Gasteiger partial charge in [-0.25, -0.2) is 4.98 Å². The summed E-state index contributed by atoms with van der Waals surface area (Å²) in [4.78, 5) is 30.3. The van der Waals surface area contributed by atoms with Crippen LogP contribution in [-0.2, 0) is 4.79 Å². The summed E-state index contributed by atoms with van der Waals surface area (Å²) in [5, 5.41) is 9.63. The predicted octanol–water partition coefficient (Wildman–Crippen LogP) is 2.34. The number of carbonyl (C=O) groups excluding carboxylic acids is 1. The molecule has 6 nitrogen and oxygen atoms in total. The number of nitrogens with zero attached hydrogens (tertiary/aromatic N) is 2. The van der Waals surface area contributed by atoms with Gasteiger partial charge in [0.05, 0.1) is 13.0 Å². The summed E-state index contributed by atoms with van der Waals surface area (Å²) < 4.78 is 5.37. The molecule has 0 saturated carbocycles. The first kappa shape index (κ1) is 17.0. The third-order valence-electron chi connectivity index (χ3n) is 4.57. The third-order valence-corrected chi connectivity index (χ3v) is 4.57. The van der Waals surface area contributed by atoms with Crippen molar-refractivity contribution in [2.45, 2.75) is 12.8 Å². The predicted molar refractivity (Wildman–Crippen MR) is 91.7 cm³/mol. The highest BCUT2D eigenvalue weighted by atomic mass is 16.5. The van der Waals surface area contributed by atoms with Gasteiger partial charge in [0.1, 0.15) is 11.4 Å². The van der Waals surface area contributed by atoms with E-state index in [1.165, 1.54) is 0 Å². The fraction of sp³-hybridized carbons (Fsp3) is 0.316. The molecule has 2 atom stereocenters. The van der Waals surface area contributed by atoms with E-state index in [4.69, 9.17) is 4.74 Å². The smallest absolute Gasteiger partial charge is 0.308 e. The number of carboxylic acids is 1. The first-order valence-corrected chi connectivity index (χ1v) is 8.10. The highest BCUT2D eigenvalue weighted by Crippen LogP contribution is 2.38. The van der Waals surface area contributed by atoms with Crippen LogP contribution in [0.15, 0.2) is 42.5 Å². The van der Waals surface area contributed by atoms with Crippen molar-refractivity contribution in [1.82, 2.24) is 9.88 Å². The van der Waals surface area contributed by atoms with Gasteiger partial charge in [0.15, 0.2) is 0 Å². The lowest BCUT2D eigenvalue weighted by Gasteiger charge is -2.18. The van der Waals surface area contributed by atoms with Crippen molar-refractivity contribution in [2.24, 2.45) is 5.92 Å². The molecule has 3 rings (SSSR count). The molecule has 1 aliphatic rings. The van der Waals surface area contributed by atoms with E-state index in [1.807, 2.05) is 31.2 Å². The van der Waals surface area contributed by atoms with Gasteiger partial charge >= 0.3 is 5.97 Å². The maximum atomic E-state index is 12.7. The molecular formula is C19H20N2O4. The molecule has 1 amide bonds. The number of pyridine rings is 1. The average Bonchev–Trinajstić information content (AvgIpc) is 3.06. The Kier molecular flexibility index (Phi) is 4.70. The summed E-state index contributed by atoms with van der Waals surface area (Å²) in [6, 6.07) is 12.6. The normalized spacial score (nSPS) is 19.7. The minimum atomic E-state index is -0.914.